The van der Waals surface area contributed by atoms with E-state index in [0.717, 1.165) is 58.2 Å². The summed E-state index contributed by atoms with van der Waals surface area (Å²) in [5.74, 6) is 1.51. The molecule has 4 nitrogen and oxygen atoms in total. The fourth-order valence-corrected chi connectivity index (χ4v) is 2.98. The molecule has 1 aromatic heterocycles. The summed E-state index contributed by atoms with van der Waals surface area (Å²) in [6, 6.07) is 15.1. The van der Waals surface area contributed by atoms with Gasteiger partial charge < -0.3 is 17.0 Å². The molecule has 0 fully saturated rings. The van der Waals surface area contributed by atoms with E-state index in [9.17, 15) is 0 Å². The number of aromatic nitrogens is 2. The van der Waals surface area contributed by atoms with Crippen molar-refractivity contribution in [1.82, 2.24) is 9.97 Å². The van der Waals surface area contributed by atoms with Gasteiger partial charge in [-0.25, -0.2) is 0 Å². The molecule has 0 saturated heterocycles. The molecule has 0 amide bonds. The quantitative estimate of drug-likeness (QED) is 0.278. The van der Waals surface area contributed by atoms with Crippen LogP contribution in [0, 0.1) is 25.8 Å². The number of hydrogen-bond donors (Lipinski definition) is 2. The predicted molar refractivity (Wildman–Crippen MR) is 130 cm³/mol. The predicted octanol–water partition coefficient (Wildman–Crippen LogP) is 6.82. The minimum absolute atomic E-state index is 0. The number of anilines is 2. The number of nitrogens with one attached hydrogen (secondary N) is 1. The van der Waals surface area contributed by atoms with E-state index in [-0.39, 0.29) is 24.7 Å². The third-order valence-electron chi connectivity index (χ3n) is 4.74. The summed E-state index contributed by atoms with van der Waals surface area (Å²) < 4.78 is 5.45. The standard InChI is InChI=1S/C15H12N3S.C10H21O.V/c1-10-2-7-14-13(8-10)15(17-9-16-14)18-11-3-5-12(19)6-4-11;1-5-7-11-10(4)8-9(3)6-2;/h2-7,9,19H,1H3,(H,16,17,18);9-10H,4-8H2,1-3H3;/q2*-1;+2. The van der Waals surface area contributed by atoms with Gasteiger partial charge in [0.15, 0.2) is 0 Å². The van der Waals surface area contributed by atoms with Gasteiger partial charge in [-0.2, -0.15) is 0 Å². The molecule has 0 spiro atoms. The second kappa shape index (κ2) is 14.5. The van der Waals surface area contributed by atoms with Crippen LogP contribution in [-0.4, -0.2) is 22.7 Å². The van der Waals surface area contributed by atoms with E-state index in [2.05, 4.69) is 61.7 Å². The number of fused-ring (bicyclic) bond motifs is 1. The smallest absolute Gasteiger partial charge is 0.410 e. The second-order valence-electron chi connectivity index (χ2n) is 7.54. The van der Waals surface area contributed by atoms with E-state index < -0.39 is 0 Å². The maximum atomic E-state index is 5.45. The average molecular weight is 475 g/mol. The average Bonchev–Trinajstić information content (AvgIpc) is 2.74. The van der Waals surface area contributed by atoms with Crippen LogP contribution in [0.5, 0.6) is 0 Å². The molecule has 0 aliphatic rings. The van der Waals surface area contributed by atoms with Crippen molar-refractivity contribution in [2.45, 2.75) is 58.0 Å². The number of thiol groups is 1. The molecule has 1 N–H and O–H groups in total. The Hall–Kier alpha value is -1.53. The van der Waals surface area contributed by atoms with Crippen LogP contribution in [0.25, 0.3) is 10.9 Å². The van der Waals surface area contributed by atoms with Crippen LogP contribution in [0.15, 0.2) is 47.6 Å². The minimum Gasteiger partial charge on any atom is -0.410 e. The molecule has 6 heteroatoms. The molecule has 2 atom stereocenters. The van der Waals surface area contributed by atoms with Crippen LogP contribution in [-0.2, 0) is 23.3 Å². The van der Waals surface area contributed by atoms with Crippen molar-refractivity contribution in [2.24, 2.45) is 5.92 Å². The van der Waals surface area contributed by atoms with Crippen molar-refractivity contribution in [3.05, 3.63) is 61.3 Å². The van der Waals surface area contributed by atoms with Crippen LogP contribution in [0.2, 0.25) is 0 Å². The summed E-state index contributed by atoms with van der Waals surface area (Å²) in [6.45, 7) is 13.4. The van der Waals surface area contributed by atoms with E-state index in [1.807, 2.05) is 43.3 Å². The first-order valence-electron chi connectivity index (χ1n) is 10.6. The second-order valence-corrected chi connectivity index (χ2v) is 8.05. The molecule has 3 aromatic rings. The first kappa shape index (κ1) is 27.5. The van der Waals surface area contributed by atoms with Crippen LogP contribution < -0.4 is 5.32 Å². The summed E-state index contributed by atoms with van der Waals surface area (Å²) in [6.07, 6.45) is 5.16. The van der Waals surface area contributed by atoms with E-state index in [0.29, 0.717) is 0 Å². The van der Waals surface area contributed by atoms with Crippen molar-refractivity contribution in [2.75, 3.05) is 11.9 Å². The van der Waals surface area contributed by atoms with Gasteiger partial charge in [-0.1, -0.05) is 52.0 Å². The molecule has 3 rings (SSSR count). The maximum Gasteiger partial charge on any atom is 2.00 e. The fourth-order valence-electron chi connectivity index (χ4n) is 2.84. The largest absolute Gasteiger partial charge is 2.00 e. The first-order valence-corrected chi connectivity index (χ1v) is 11.0. The zero-order valence-electron chi connectivity index (χ0n) is 18.9. The molecule has 1 heterocycles. The molecule has 2 unspecified atom stereocenters. The number of rotatable bonds is 8. The fraction of sp³-hybridized carbons (Fsp3) is 0.400. The summed E-state index contributed by atoms with van der Waals surface area (Å²) in [4.78, 5) is 9.47. The van der Waals surface area contributed by atoms with Gasteiger partial charge in [0.2, 0.25) is 0 Å². The molecular formula is C25H33N3OSV. The van der Waals surface area contributed by atoms with Crippen molar-refractivity contribution in [1.29, 1.82) is 0 Å². The maximum absolute atomic E-state index is 5.45. The molecule has 0 saturated carbocycles. The monoisotopic (exact) mass is 474 g/mol. The van der Waals surface area contributed by atoms with Gasteiger partial charge in [0.25, 0.3) is 0 Å². The number of nitrogens with zero attached hydrogens (tertiary/aromatic N) is 2. The Morgan fingerprint density at radius 1 is 1.13 bits per heavy atom. The molecule has 31 heavy (non-hydrogen) atoms. The molecular weight excluding hydrogens is 441 g/mol. The normalized spacial score (nSPS) is 12.3. The Kier molecular flexibility index (Phi) is 12.9. The number of aryl methyl sites for hydroxylation is 1. The third-order valence-corrected chi connectivity index (χ3v) is 5.04. The number of hydrogen-bond acceptors (Lipinski definition) is 5. The summed E-state index contributed by atoms with van der Waals surface area (Å²) in [5, 5.41) is 4.19. The first-order chi connectivity index (χ1) is 14.4. The van der Waals surface area contributed by atoms with E-state index >= 15 is 0 Å². The zero-order chi connectivity index (χ0) is 21.9. The van der Waals surface area contributed by atoms with Crippen molar-refractivity contribution < 1.29 is 23.3 Å². The van der Waals surface area contributed by atoms with E-state index in [1.54, 1.807) is 6.33 Å². The SMILES string of the molecule is Cc1[c-]c2c(Nc3ccc(S)cc3)ncnc2cc1.[CH2-]C(CC(C)CC)OCCC.[V+2]. The van der Waals surface area contributed by atoms with Gasteiger partial charge >= 0.3 is 18.6 Å². The van der Waals surface area contributed by atoms with Crippen molar-refractivity contribution in [3.8, 4) is 0 Å². The Bertz CT molecular complexity index is 905. The van der Waals surface area contributed by atoms with Gasteiger partial charge in [0.1, 0.15) is 0 Å². The summed E-state index contributed by atoms with van der Waals surface area (Å²) >= 11 is 4.27. The number of benzene rings is 2. The molecule has 1 radical (unpaired) electrons. The van der Waals surface area contributed by atoms with Gasteiger partial charge in [-0.3, -0.25) is 9.97 Å². The summed E-state index contributed by atoms with van der Waals surface area (Å²) in [7, 11) is 0. The van der Waals surface area contributed by atoms with Gasteiger partial charge in [0.05, 0.1) is 12.1 Å². The Morgan fingerprint density at radius 3 is 2.48 bits per heavy atom. The van der Waals surface area contributed by atoms with Crippen molar-refractivity contribution >= 4 is 35.0 Å². The Labute approximate surface area is 204 Å². The topological polar surface area (TPSA) is 47.0 Å². The van der Waals surface area contributed by atoms with E-state index in [4.69, 9.17) is 4.74 Å². The Morgan fingerprint density at radius 2 is 1.84 bits per heavy atom. The summed E-state index contributed by atoms with van der Waals surface area (Å²) in [5.41, 5.74) is 2.91. The van der Waals surface area contributed by atoms with Crippen LogP contribution >= 0.6 is 12.6 Å². The molecule has 2 aromatic carbocycles. The zero-order valence-corrected chi connectivity index (χ0v) is 21.2. The van der Waals surface area contributed by atoms with Gasteiger partial charge in [-0.05, 0) is 42.1 Å². The van der Waals surface area contributed by atoms with E-state index in [1.165, 1.54) is 6.42 Å². The molecule has 0 aliphatic heterocycles. The van der Waals surface area contributed by atoms with Crippen molar-refractivity contribution in [3.63, 3.8) is 0 Å². The van der Waals surface area contributed by atoms with Crippen LogP contribution in [0.4, 0.5) is 11.5 Å². The minimum atomic E-state index is 0. The van der Waals surface area contributed by atoms with Crippen LogP contribution in [0.3, 0.4) is 0 Å². The van der Waals surface area contributed by atoms with Gasteiger partial charge in [0, 0.05) is 17.2 Å². The molecule has 0 bridgehead atoms. The van der Waals surface area contributed by atoms with Crippen LogP contribution in [0.1, 0.15) is 45.6 Å². The number of ether oxygens (including phenoxy) is 1. The third kappa shape index (κ3) is 9.65. The Balaban J connectivity index is 0.000000349. The molecule has 165 valence electrons. The molecule has 0 aliphatic carbocycles. The van der Waals surface area contributed by atoms with Gasteiger partial charge in [-0.15, -0.1) is 36.4 Å².